The van der Waals surface area contributed by atoms with Crippen molar-refractivity contribution >= 4 is 16.0 Å². The Labute approximate surface area is 120 Å². The molecule has 0 saturated carbocycles. The number of rotatable bonds is 6. The van der Waals surface area contributed by atoms with Gasteiger partial charge in [0.25, 0.3) is 0 Å². The van der Waals surface area contributed by atoms with Crippen molar-refractivity contribution in [3.8, 4) is 0 Å². The molecule has 0 fully saturated rings. The quantitative estimate of drug-likeness (QED) is 0.802. The lowest BCUT2D eigenvalue weighted by Gasteiger charge is -2.13. The van der Waals surface area contributed by atoms with E-state index < -0.39 is 22.5 Å². The third-order valence-corrected chi connectivity index (χ3v) is 4.43. The van der Waals surface area contributed by atoms with Crippen LogP contribution in [-0.2, 0) is 27.9 Å². The van der Waals surface area contributed by atoms with Gasteiger partial charge in [-0.3, -0.25) is 9.48 Å². The first-order valence-corrected chi connectivity index (χ1v) is 7.36. The number of sulfonamides is 1. The predicted molar refractivity (Wildman–Crippen MR) is 69.8 cm³/mol. The summed E-state index contributed by atoms with van der Waals surface area (Å²) in [4.78, 5) is 10.5. The van der Waals surface area contributed by atoms with Gasteiger partial charge in [0.2, 0.25) is 10.0 Å². The summed E-state index contributed by atoms with van der Waals surface area (Å²) in [5.41, 5.74) is 0.483. The Morgan fingerprint density at radius 2 is 2.24 bits per heavy atom. The molecule has 0 saturated heterocycles. The molecular weight excluding hydrogens is 300 g/mol. The van der Waals surface area contributed by atoms with Crippen LogP contribution in [0.15, 0.2) is 27.9 Å². The smallest absolute Gasteiger partial charge is 0.325 e. The molecular formula is C11H14N4O5S. The van der Waals surface area contributed by atoms with Gasteiger partial charge in [-0.25, -0.2) is 8.42 Å². The second kappa shape index (κ2) is 5.66. The molecule has 0 aromatic carbocycles. The molecule has 10 heteroatoms. The van der Waals surface area contributed by atoms with Crippen LogP contribution >= 0.6 is 0 Å². The molecule has 2 aromatic heterocycles. The van der Waals surface area contributed by atoms with Crippen molar-refractivity contribution in [1.82, 2.24) is 19.2 Å². The van der Waals surface area contributed by atoms with E-state index in [9.17, 15) is 13.2 Å². The van der Waals surface area contributed by atoms with E-state index in [0.29, 0.717) is 11.5 Å². The fourth-order valence-electron chi connectivity index (χ4n) is 1.69. The Hall–Kier alpha value is -2.20. The fraction of sp³-hybridized carbons (Fsp3) is 0.364. The highest BCUT2D eigenvalue weighted by molar-refractivity contribution is 7.89. The third-order valence-electron chi connectivity index (χ3n) is 2.68. The van der Waals surface area contributed by atoms with Gasteiger partial charge in [0, 0.05) is 19.3 Å². The second-order valence-corrected chi connectivity index (χ2v) is 6.50. The zero-order valence-corrected chi connectivity index (χ0v) is 12.2. The average Bonchev–Trinajstić information content (AvgIpc) is 2.98. The Balaban J connectivity index is 2.16. The van der Waals surface area contributed by atoms with Crippen molar-refractivity contribution in [3.05, 3.63) is 29.9 Å². The van der Waals surface area contributed by atoms with Gasteiger partial charge in [0.15, 0.2) is 0 Å². The highest BCUT2D eigenvalue weighted by atomic mass is 32.2. The minimum atomic E-state index is -3.77. The van der Waals surface area contributed by atoms with E-state index >= 15 is 0 Å². The van der Waals surface area contributed by atoms with Gasteiger partial charge in [-0.2, -0.15) is 9.40 Å². The van der Waals surface area contributed by atoms with Gasteiger partial charge in [-0.05, 0) is 6.92 Å². The summed E-state index contributed by atoms with van der Waals surface area (Å²) >= 11 is 0. The van der Waals surface area contributed by atoms with Crippen molar-refractivity contribution in [1.29, 1.82) is 0 Å². The SMILES string of the molecule is Cc1cc(CN(C)S(=O)(=O)c2cnn(CC(=O)O)c2)no1. The van der Waals surface area contributed by atoms with Crippen LogP contribution in [0.1, 0.15) is 11.5 Å². The van der Waals surface area contributed by atoms with Gasteiger partial charge in [0.1, 0.15) is 17.2 Å². The van der Waals surface area contributed by atoms with E-state index in [1.807, 2.05) is 0 Å². The molecule has 0 aliphatic rings. The maximum Gasteiger partial charge on any atom is 0.325 e. The number of carboxylic acids is 1. The van der Waals surface area contributed by atoms with Crippen LogP contribution in [-0.4, -0.2) is 45.8 Å². The highest BCUT2D eigenvalue weighted by Gasteiger charge is 2.24. The molecule has 114 valence electrons. The van der Waals surface area contributed by atoms with Crippen LogP contribution < -0.4 is 0 Å². The van der Waals surface area contributed by atoms with Crippen LogP contribution in [0.2, 0.25) is 0 Å². The molecule has 0 aliphatic carbocycles. The third kappa shape index (κ3) is 3.47. The summed E-state index contributed by atoms with van der Waals surface area (Å²) < 4.78 is 31.6. The highest BCUT2D eigenvalue weighted by Crippen LogP contribution is 2.16. The number of aryl methyl sites for hydroxylation is 1. The Bertz CT molecular complexity index is 748. The summed E-state index contributed by atoms with van der Waals surface area (Å²) in [7, 11) is -2.37. The normalized spacial score (nSPS) is 12.0. The number of nitrogens with zero attached hydrogens (tertiary/aromatic N) is 4. The number of hydrogen-bond donors (Lipinski definition) is 1. The average molecular weight is 314 g/mol. The monoisotopic (exact) mass is 314 g/mol. The van der Waals surface area contributed by atoms with Crippen molar-refractivity contribution < 1.29 is 22.8 Å². The molecule has 0 amide bonds. The van der Waals surface area contributed by atoms with E-state index in [1.165, 1.54) is 13.2 Å². The molecule has 0 bridgehead atoms. The second-order valence-electron chi connectivity index (χ2n) is 4.46. The lowest BCUT2D eigenvalue weighted by atomic mass is 10.4. The molecule has 0 aliphatic heterocycles. The van der Waals surface area contributed by atoms with Crippen molar-refractivity contribution in [2.75, 3.05) is 7.05 Å². The molecule has 0 atom stereocenters. The van der Waals surface area contributed by atoms with Crippen LogP contribution in [0.25, 0.3) is 0 Å². The number of hydrogen-bond acceptors (Lipinski definition) is 6. The summed E-state index contributed by atoms with van der Waals surface area (Å²) in [5.74, 6) is -0.515. The summed E-state index contributed by atoms with van der Waals surface area (Å²) in [6.07, 6.45) is 2.29. The van der Waals surface area contributed by atoms with Crippen LogP contribution in [0.3, 0.4) is 0 Å². The molecule has 0 radical (unpaired) electrons. The van der Waals surface area contributed by atoms with Crippen molar-refractivity contribution in [3.63, 3.8) is 0 Å². The molecule has 21 heavy (non-hydrogen) atoms. The van der Waals surface area contributed by atoms with E-state index in [4.69, 9.17) is 9.63 Å². The standard InChI is InChI=1S/C11H14N4O5S/c1-8-3-9(13-20-8)5-14(2)21(18,19)10-4-12-15(6-10)7-11(16)17/h3-4,6H,5,7H2,1-2H3,(H,16,17). The number of aliphatic carboxylic acids is 1. The lowest BCUT2D eigenvalue weighted by Crippen LogP contribution is -2.26. The summed E-state index contributed by atoms with van der Waals surface area (Å²) in [6.45, 7) is 1.35. The topological polar surface area (TPSA) is 119 Å². The summed E-state index contributed by atoms with van der Waals surface area (Å²) in [5, 5.41) is 16.1. The molecule has 0 unspecified atom stereocenters. The van der Waals surface area contributed by atoms with E-state index in [-0.39, 0.29) is 11.4 Å². The van der Waals surface area contributed by atoms with E-state index in [1.54, 1.807) is 13.0 Å². The minimum absolute atomic E-state index is 0.0454. The molecule has 1 N–H and O–H groups in total. The minimum Gasteiger partial charge on any atom is -0.480 e. The Morgan fingerprint density at radius 1 is 1.52 bits per heavy atom. The Morgan fingerprint density at radius 3 is 2.81 bits per heavy atom. The predicted octanol–water partition coefficient (Wildman–Crippen LogP) is 0.0848. The van der Waals surface area contributed by atoms with Gasteiger partial charge in [-0.1, -0.05) is 5.16 Å². The molecule has 2 heterocycles. The van der Waals surface area contributed by atoms with Crippen LogP contribution in [0.4, 0.5) is 0 Å². The first-order valence-electron chi connectivity index (χ1n) is 5.92. The van der Waals surface area contributed by atoms with Crippen LogP contribution in [0.5, 0.6) is 0 Å². The Kier molecular flexibility index (Phi) is 4.09. The molecule has 0 spiro atoms. The molecule has 9 nitrogen and oxygen atoms in total. The van der Waals surface area contributed by atoms with E-state index in [0.717, 1.165) is 15.2 Å². The first-order chi connectivity index (χ1) is 9.79. The number of aromatic nitrogens is 3. The summed E-state index contributed by atoms with van der Waals surface area (Å²) in [6, 6.07) is 1.64. The van der Waals surface area contributed by atoms with Gasteiger partial charge >= 0.3 is 5.97 Å². The molecule has 2 aromatic rings. The first kappa shape index (κ1) is 15.2. The fourth-order valence-corrected chi connectivity index (χ4v) is 2.79. The largest absolute Gasteiger partial charge is 0.480 e. The van der Waals surface area contributed by atoms with Crippen molar-refractivity contribution in [2.45, 2.75) is 24.9 Å². The van der Waals surface area contributed by atoms with E-state index in [2.05, 4.69) is 10.3 Å². The lowest BCUT2D eigenvalue weighted by molar-refractivity contribution is -0.137. The zero-order valence-electron chi connectivity index (χ0n) is 11.4. The maximum atomic E-state index is 12.3. The van der Waals surface area contributed by atoms with Gasteiger partial charge in [0.05, 0.1) is 18.4 Å². The van der Waals surface area contributed by atoms with Crippen molar-refractivity contribution in [2.24, 2.45) is 0 Å². The maximum absolute atomic E-state index is 12.3. The molecule has 2 rings (SSSR count). The number of carbonyl (C=O) groups is 1. The van der Waals surface area contributed by atoms with Gasteiger partial charge < -0.3 is 9.63 Å². The number of carboxylic acid groups (broad SMARTS) is 1. The zero-order chi connectivity index (χ0) is 15.6. The van der Waals surface area contributed by atoms with Gasteiger partial charge in [-0.15, -0.1) is 0 Å². The van der Waals surface area contributed by atoms with Crippen LogP contribution in [0, 0.1) is 6.92 Å².